The van der Waals surface area contributed by atoms with Crippen LogP contribution < -0.4 is 5.32 Å². The molecule has 2 aromatic carbocycles. The van der Waals surface area contributed by atoms with E-state index in [1.54, 1.807) is 12.1 Å². The molecule has 7 heteroatoms. The molecule has 2 amide bonds. The lowest BCUT2D eigenvalue weighted by Gasteiger charge is -2.48. The summed E-state index contributed by atoms with van der Waals surface area (Å²) in [6.07, 6.45) is -3.34. The highest BCUT2D eigenvalue weighted by atomic mass is 19.4. The number of para-hydroxylation sites is 1. The topological polar surface area (TPSA) is 35.6 Å². The molecule has 0 bridgehead atoms. The van der Waals surface area contributed by atoms with Crippen molar-refractivity contribution in [2.75, 3.05) is 31.5 Å². The molecule has 0 radical (unpaired) electrons. The molecular formula is C21H22F3N3O. The highest BCUT2D eigenvalue weighted by molar-refractivity contribution is 5.89. The third-order valence-electron chi connectivity index (χ3n) is 5.56. The number of halogens is 3. The van der Waals surface area contributed by atoms with Crippen molar-refractivity contribution in [3.63, 3.8) is 0 Å². The summed E-state index contributed by atoms with van der Waals surface area (Å²) in [5, 5.41) is 2.92. The number of alkyl halides is 3. The molecule has 2 aliphatic heterocycles. The summed E-state index contributed by atoms with van der Waals surface area (Å²) in [5.41, 5.74) is 1.15. The van der Waals surface area contributed by atoms with Crippen molar-refractivity contribution in [1.82, 2.24) is 9.80 Å². The van der Waals surface area contributed by atoms with Crippen molar-refractivity contribution >= 4 is 11.7 Å². The maximum absolute atomic E-state index is 12.7. The minimum absolute atomic E-state index is 0.0794. The van der Waals surface area contributed by atoms with E-state index in [9.17, 15) is 18.0 Å². The van der Waals surface area contributed by atoms with Crippen molar-refractivity contribution in [3.05, 3.63) is 65.7 Å². The predicted octanol–water partition coefficient (Wildman–Crippen LogP) is 4.45. The molecule has 2 aromatic rings. The second-order valence-electron chi connectivity index (χ2n) is 7.81. The molecule has 1 spiro atoms. The molecule has 0 aliphatic carbocycles. The average Bonchev–Trinajstić information content (AvgIpc) is 3.08. The molecule has 4 rings (SSSR count). The van der Waals surface area contributed by atoms with E-state index in [0.717, 1.165) is 56.0 Å². The number of anilines is 1. The molecule has 148 valence electrons. The van der Waals surface area contributed by atoms with Crippen molar-refractivity contribution in [2.45, 2.75) is 19.1 Å². The second kappa shape index (κ2) is 7.13. The van der Waals surface area contributed by atoms with Gasteiger partial charge in [0.2, 0.25) is 0 Å². The Morgan fingerprint density at radius 1 is 1.00 bits per heavy atom. The van der Waals surface area contributed by atoms with E-state index in [4.69, 9.17) is 0 Å². The van der Waals surface area contributed by atoms with E-state index in [2.05, 4.69) is 10.2 Å². The van der Waals surface area contributed by atoms with Crippen LogP contribution in [-0.2, 0) is 12.7 Å². The maximum atomic E-state index is 12.7. The predicted molar refractivity (Wildman–Crippen MR) is 101 cm³/mol. The molecule has 0 saturated carbocycles. The number of nitrogens with one attached hydrogen (secondary N) is 1. The molecule has 0 aromatic heterocycles. The van der Waals surface area contributed by atoms with Crippen molar-refractivity contribution in [2.24, 2.45) is 5.41 Å². The summed E-state index contributed by atoms with van der Waals surface area (Å²) in [6, 6.07) is 14.7. The van der Waals surface area contributed by atoms with Crippen LogP contribution >= 0.6 is 0 Å². The van der Waals surface area contributed by atoms with Gasteiger partial charge < -0.3 is 10.2 Å². The number of carbonyl (C=O) groups excluding carboxylic acids is 1. The van der Waals surface area contributed by atoms with Crippen molar-refractivity contribution in [1.29, 1.82) is 0 Å². The van der Waals surface area contributed by atoms with E-state index in [-0.39, 0.29) is 11.4 Å². The summed E-state index contributed by atoms with van der Waals surface area (Å²) in [5.74, 6) is 0. The van der Waals surface area contributed by atoms with Crippen molar-refractivity contribution in [3.8, 4) is 0 Å². The molecule has 2 fully saturated rings. The van der Waals surface area contributed by atoms with Gasteiger partial charge in [-0.1, -0.05) is 30.3 Å². The van der Waals surface area contributed by atoms with Crippen LogP contribution in [0.4, 0.5) is 23.7 Å². The molecule has 28 heavy (non-hydrogen) atoms. The first kappa shape index (κ1) is 18.8. The fraction of sp³-hybridized carbons (Fsp3) is 0.381. The summed E-state index contributed by atoms with van der Waals surface area (Å²) in [6.45, 7) is 3.81. The number of benzene rings is 2. The van der Waals surface area contributed by atoms with Gasteiger partial charge in [-0.05, 0) is 36.2 Å². The quantitative estimate of drug-likeness (QED) is 0.842. The van der Waals surface area contributed by atoms with Crippen molar-refractivity contribution < 1.29 is 18.0 Å². The van der Waals surface area contributed by atoms with Crippen LogP contribution in [0.15, 0.2) is 54.6 Å². The lowest BCUT2D eigenvalue weighted by Crippen LogP contribution is -2.57. The minimum atomic E-state index is -4.30. The normalized spacial score (nSPS) is 18.9. The highest BCUT2D eigenvalue weighted by Crippen LogP contribution is 2.40. The fourth-order valence-corrected chi connectivity index (χ4v) is 4.16. The Kier molecular flexibility index (Phi) is 4.79. The number of rotatable bonds is 3. The first-order valence-corrected chi connectivity index (χ1v) is 9.33. The van der Waals surface area contributed by atoms with Gasteiger partial charge in [0.25, 0.3) is 0 Å². The Morgan fingerprint density at radius 3 is 2.32 bits per heavy atom. The average molecular weight is 389 g/mol. The second-order valence-corrected chi connectivity index (χ2v) is 7.81. The van der Waals surface area contributed by atoms with Crippen LogP contribution in [0.1, 0.15) is 17.5 Å². The van der Waals surface area contributed by atoms with Crippen LogP contribution in [0.2, 0.25) is 0 Å². The van der Waals surface area contributed by atoms with Gasteiger partial charge in [-0.2, -0.15) is 13.2 Å². The summed E-state index contributed by atoms with van der Waals surface area (Å²) < 4.78 is 38.0. The highest BCUT2D eigenvalue weighted by Gasteiger charge is 2.48. The number of amides is 2. The third kappa shape index (κ3) is 3.99. The van der Waals surface area contributed by atoms with E-state index < -0.39 is 11.7 Å². The Hall–Kier alpha value is -2.54. The number of hydrogen-bond donors (Lipinski definition) is 1. The van der Waals surface area contributed by atoms with Crippen LogP contribution in [0.5, 0.6) is 0 Å². The van der Waals surface area contributed by atoms with Gasteiger partial charge in [0.05, 0.1) is 5.56 Å². The smallest absolute Gasteiger partial charge is 0.324 e. The van der Waals surface area contributed by atoms with Gasteiger partial charge in [-0.3, -0.25) is 4.90 Å². The lowest BCUT2D eigenvalue weighted by molar-refractivity contribution is -0.137. The van der Waals surface area contributed by atoms with E-state index in [1.165, 1.54) is 0 Å². The van der Waals surface area contributed by atoms with Crippen LogP contribution in [0.3, 0.4) is 0 Å². The Bertz CT molecular complexity index is 830. The number of urea groups is 1. The summed E-state index contributed by atoms with van der Waals surface area (Å²) in [4.78, 5) is 16.5. The zero-order valence-electron chi connectivity index (χ0n) is 15.4. The molecule has 2 saturated heterocycles. The lowest BCUT2D eigenvalue weighted by atomic mass is 9.79. The SMILES string of the molecule is O=C(Nc1ccccc1)N1CCC2(CN(Cc3ccc(C(F)(F)F)cc3)C2)C1. The number of likely N-dealkylation sites (tertiary alicyclic amines) is 2. The third-order valence-corrected chi connectivity index (χ3v) is 5.56. The fourth-order valence-electron chi connectivity index (χ4n) is 4.16. The van der Waals surface area contributed by atoms with Crippen LogP contribution in [0, 0.1) is 5.41 Å². The van der Waals surface area contributed by atoms with Gasteiger partial charge in [0.1, 0.15) is 0 Å². The molecule has 0 atom stereocenters. The van der Waals surface area contributed by atoms with Crippen LogP contribution in [0.25, 0.3) is 0 Å². The zero-order valence-corrected chi connectivity index (χ0v) is 15.4. The largest absolute Gasteiger partial charge is 0.416 e. The number of nitrogens with zero attached hydrogens (tertiary/aromatic N) is 2. The first-order chi connectivity index (χ1) is 13.3. The van der Waals surface area contributed by atoms with Crippen LogP contribution in [-0.4, -0.2) is 42.0 Å². The standard InChI is InChI=1S/C21H22F3N3O/c22-21(23,24)17-8-6-16(7-9-17)12-26-13-20(14-26)10-11-27(15-20)19(28)25-18-4-2-1-3-5-18/h1-9H,10-15H2,(H,25,28). The zero-order chi connectivity index (χ0) is 19.8. The molecule has 2 heterocycles. The van der Waals surface area contributed by atoms with E-state index >= 15 is 0 Å². The Morgan fingerprint density at radius 2 is 1.68 bits per heavy atom. The van der Waals surface area contributed by atoms with Gasteiger partial charge >= 0.3 is 12.2 Å². The molecule has 4 nitrogen and oxygen atoms in total. The number of carbonyl (C=O) groups is 1. The molecular weight excluding hydrogens is 367 g/mol. The van der Waals surface area contributed by atoms with Gasteiger partial charge in [0, 0.05) is 43.8 Å². The summed E-state index contributed by atoms with van der Waals surface area (Å²) >= 11 is 0. The summed E-state index contributed by atoms with van der Waals surface area (Å²) in [7, 11) is 0. The van der Waals surface area contributed by atoms with Gasteiger partial charge in [-0.15, -0.1) is 0 Å². The Labute approximate surface area is 161 Å². The monoisotopic (exact) mass is 389 g/mol. The first-order valence-electron chi connectivity index (χ1n) is 9.33. The Balaban J connectivity index is 1.27. The van der Waals surface area contributed by atoms with E-state index in [1.807, 2.05) is 35.2 Å². The molecule has 2 aliphatic rings. The van der Waals surface area contributed by atoms with Gasteiger partial charge in [-0.25, -0.2) is 4.79 Å². The minimum Gasteiger partial charge on any atom is -0.324 e. The molecule has 0 unspecified atom stereocenters. The molecule has 1 N–H and O–H groups in total. The maximum Gasteiger partial charge on any atom is 0.416 e. The van der Waals surface area contributed by atoms with E-state index in [0.29, 0.717) is 6.54 Å². The number of hydrogen-bond acceptors (Lipinski definition) is 2. The van der Waals surface area contributed by atoms with Gasteiger partial charge in [0.15, 0.2) is 0 Å².